The molecule has 0 bridgehead atoms. The van der Waals surface area contributed by atoms with Crippen LogP contribution >= 0.6 is 0 Å². The van der Waals surface area contributed by atoms with Gasteiger partial charge in [-0.05, 0) is 19.4 Å². The lowest BCUT2D eigenvalue weighted by Crippen LogP contribution is -2.71. The van der Waals surface area contributed by atoms with Gasteiger partial charge < -0.3 is 9.64 Å². The molecule has 0 unspecified atom stereocenters. The highest BCUT2D eigenvalue weighted by atomic mass is 16.5. The molecule has 0 amide bonds. The summed E-state index contributed by atoms with van der Waals surface area (Å²) in [6, 6.07) is 1.90. The van der Waals surface area contributed by atoms with Crippen molar-refractivity contribution in [2.24, 2.45) is 0 Å². The maximum atomic E-state index is 5.10. The molecule has 0 atom stereocenters. The fourth-order valence-corrected chi connectivity index (χ4v) is 2.74. The minimum Gasteiger partial charge on any atom is -0.378 e. The Morgan fingerprint density at radius 1 is 1.39 bits per heavy atom. The second-order valence-corrected chi connectivity index (χ2v) is 5.47. The lowest BCUT2D eigenvalue weighted by molar-refractivity contribution is 0.0202. The van der Waals surface area contributed by atoms with Gasteiger partial charge in [-0.3, -0.25) is 4.90 Å². The highest BCUT2D eigenvalue weighted by molar-refractivity contribution is 5.38. The average Bonchev–Trinajstić information content (AvgIpc) is 2.24. The standard InChI is InChI=1S/C13H20N4O/c1-13(17-6-3-7-17)9-16(10-13)12-14-5-4-11(15-12)8-18-2/h4-5H,3,6-10H2,1-2H3. The van der Waals surface area contributed by atoms with E-state index < -0.39 is 0 Å². The van der Waals surface area contributed by atoms with Gasteiger partial charge in [0, 0.05) is 39.5 Å². The Labute approximate surface area is 108 Å². The van der Waals surface area contributed by atoms with Crippen LogP contribution in [0.3, 0.4) is 0 Å². The number of hydrogen-bond acceptors (Lipinski definition) is 5. The van der Waals surface area contributed by atoms with Crippen LogP contribution in [0.2, 0.25) is 0 Å². The summed E-state index contributed by atoms with van der Waals surface area (Å²) in [7, 11) is 1.69. The summed E-state index contributed by atoms with van der Waals surface area (Å²) in [4.78, 5) is 13.7. The third-order valence-corrected chi connectivity index (χ3v) is 3.96. The second kappa shape index (κ2) is 4.48. The van der Waals surface area contributed by atoms with Crippen molar-refractivity contribution >= 4 is 5.95 Å². The Hall–Kier alpha value is -1.20. The van der Waals surface area contributed by atoms with Crippen molar-refractivity contribution < 1.29 is 4.74 Å². The summed E-state index contributed by atoms with van der Waals surface area (Å²) in [5.41, 5.74) is 1.28. The summed E-state index contributed by atoms with van der Waals surface area (Å²) in [6.45, 7) is 7.44. The first kappa shape index (κ1) is 11.9. The van der Waals surface area contributed by atoms with E-state index in [1.807, 2.05) is 12.3 Å². The number of rotatable bonds is 4. The number of nitrogens with zero attached hydrogens (tertiary/aromatic N) is 4. The molecule has 3 heterocycles. The van der Waals surface area contributed by atoms with Crippen LogP contribution < -0.4 is 4.90 Å². The monoisotopic (exact) mass is 248 g/mol. The predicted molar refractivity (Wildman–Crippen MR) is 69.6 cm³/mol. The Morgan fingerprint density at radius 2 is 2.17 bits per heavy atom. The molecule has 3 rings (SSSR count). The van der Waals surface area contributed by atoms with E-state index in [-0.39, 0.29) is 0 Å². The Kier molecular flexibility index (Phi) is 2.95. The summed E-state index contributed by atoms with van der Waals surface area (Å²) in [5, 5.41) is 0. The summed E-state index contributed by atoms with van der Waals surface area (Å²) in [6.07, 6.45) is 3.16. The van der Waals surface area contributed by atoms with Crippen molar-refractivity contribution in [1.82, 2.24) is 14.9 Å². The van der Waals surface area contributed by atoms with E-state index in [0.717, 1.165) is 24.7 Å². The van der Waals surface area contributed by atoms with Gasteiger partial charge in [0.25, 0.3) is 0 Å². The van der Waals surface area contributed by atoms with Crippen LogP contribution in [0, 0.1) is 0 Å². The molecule has 0 saturated carbocycles. The molecule has 0 N–H and O–H groups in total. The molecule has 18 heavy (non-hydrogen) atoms. The normalized spacial score (nSPS) is 22.4. The van der Waals surface area contributed by atoms with E-state index in [9.17, 15) is 0 Å². The average molecular weight is 248 g/mol. The van der Waals surface area contributed by atoms with Crippen molar-refractivity contribution in [2.75, 3.05) is 38.2 Å². The van der Waals surface area contributed by atoms with Gasteiger partial charge in [-0.2, -0.15) is 0 Å². The molecule has 0 aliphatic carbocycles. The van der Waals surface area contributed by atoms with E-state index >= 15 is 0 Å². The Bertz CT molecular complexity index is 427. The van der Waals surface area contributed by atoms with Crippen molar-refractivity contribution in [1.29, 1.82) is 0 Å². The van der Waals surface area contributed by atoms with Crippen LogP contribution in [0.25, 0.3) is 0 Å². The number of ether oxygens (including phenoxy) is 1. The number of aromatic nitrogens is 2. The van der Waals surface area contributed by atoms with E-state index in [0.29, 0.717) is 12.1 Å². The molecule has 2 aliphatic rings. The lowest BCUT2D eigenvalue weighted by Gasteiger charge is -2.57. The molecule has 0 aromatic carbocycles. The van der Waals surface area contributed by atoms with E-state index in [2.05, 4.69) is 26.7 Å². The van der Waals surface area contributed by atoms with Gasteiger partial charge in [-0.15, -0.1) is 0 Å². The third kappa shape index (κ3) is 1.97. The first-order valence-electron chi connectivity index (χ1n) is 6.52. The van der Waals surface area contributed by atoms with Gasteiger partial charge in [0.05, 0.1) is 17.8 Å². The van der Waals surface area contributed by atoms with Gasteiger partial charge in [0.2, 0.25) is 5.95 Å². The van der Waals surface area contributed by atoms with Crippen LogP contribution in [0.4, 0.5) is 5.95 Å². The van der Waals surface area contributed by atoms with Gasteiger partial charge in [-0.1, -0.05) is 0 Å². The molecule has 0 spiro atoms. The highest BCUT2D eigenvalue weighted by Crippen LogP contribution is 2.33. The fraction of sp³-hybridized carbons (Fsp3) is 0.692. The molecule has 1 aromatic heterocycles. The largest absolute Gasteiger partial charge is 0.378 e. The zero-order valence-electron chi connectivity index (χ0n) is 11.1. The number of likely N-dealkylation sites (tertiary alicyclic amines) is 1. The smallest absolute Gasteiger partial charge is 0.225 e. The van der Waals surface area contributed by atoms with E-state index in [1.165, 1.54) is 19.5 Å². The van der Waals surface area contributed by atoms with E-state index in [4.69, 9.17) is 4.74 Å². The zero-order valence-corrected chi connectivity index (χ0v) is 11.1. The molecule has 2 aliphatic heterocycles. The summed E-state index contributed by atoms with van der Waals surface area (Å²) in [5.74, 6) is 0.836. The minimum atomic E-state index is 0.332. The van der Waals surface area contributed by atoms with Gasteiger partial charge in [-0.25, -0.2) is 9.97 Å². The zero-order chi connectivity index (χ0) is 12.6. The maximum Gasteiger partial charge on any atom is 0.225 e. The van der Waals surface area contributed by atoms with Crippen LogP contribution in [0.15, 0.2) is 12.3 Å². The van der Waals surface area contributed by atoms with Crippen LogP contribution in [0.1, 0.15) is 19.0 Å². The minimum absolute atomic E-state index is 0.332. The van der Waals surface area contributed by atoms with Crippen molar-refractivity contribution in [3.63, 3.8) is 0 Å². The number of methoxy groups -OCH3 is 1. The molecule has 0 radical (unpaired) electrons. The van der Waals surface area contributed by atoms with Crippen LogP contribution in [-0.4, -0.2) is 53.7 Å². The number of hydrogen-bond donors (Lipinski definition) is 0. The lowest BCUT2D eigenvalue weighted by atomic mass is 9.87. The molecular weight excluding hydrogens is 228 g/mol. The van der Waals surface area contributed by atoms with Gasteiger partial charge in [0.15, 0.2) is 0 Å². The molecule has 2 fully saturated rings. The van der Waals surface area contributed by atoms with Crippen LogP contribution in [0.5, 0.6) is 0 Å². The summed E-state index contributed by atoms with van der Waals surface area (Å²) < 4.78 is 5.10. The molecule has 5 nitrogen and oxygen atoms in total. The third-order valence-electron chi connectivity index (χ3n) is 3.96. The first-order valence-corrected chi connectivity index (χ1v) is 6.52. The van der Waals surface area contributed by atoms with Gasteiger partial charge >= 0.3 is 0 Å². The topological polar surface area (TPSA) is 41.5 Å². The molecule has 5 heteroatoms. The quantitative estimate of drug-likeness (QED) is 0.792. The Balaban J connectivity index is 1.65. The molecule has 98 valence electrons. The van der Waals surface area contributed by atoms with Crippen molar-refractivity contribution in [3.05, 3.63) is 18.0 Å². The maximum absolute atomic E-state index is 5.10. The highest BCUT2D eigenvalue weighted by Gasteiger charge is 2.46. The van der Waals surface area contributed by atoms with E-state index in [1.54, 1.807) is 7.11 Å². The molecule has 1 aromatic rings. The van der Waals surface area contributed by atoms with Crippen molar-refractivity contribution in [2.45, 2.75) is 25.5 Å². The predicted octanol–water partition coefficient (Wildman–Crippen LogP) is 0.907. The van der Waals surface area contributed by atoms with Gasteiger partial charge in [0.1, 0.15) is 0 Å². The second-order valence-electron chi connectivity index (χ2n) is 5.47. The first-order chi connectivity index (χ1) is 8.71. The van der Waals surface area contributed by atoms with Crippen molar-refractivity contribution in [3.8, 4) is 0 Å². The molecular formula is C13H20N4O. The fourth-order valence-electron chi connectivity index (χ4n) is 2.74. The molecule has 2 saturated heterocycles. The SMILES string of the molecule is COCc1ccnc(N2CC(C)(N3CCC3)C2)n1. The summed E-state index contributed by atoms with van der Waals surface area (Å²) >= 11 is 0. The number of anilines is 1. The Morgan fingerprint density at radius 3 is 2.78 bits per heavy atom. The van der Waals surface area contributed by atoms with Crippen LogP contribution in [-0.2, 0) is 11.3 Å².